The van der Waals surface area contributed by atoms with Crippen LogP contribution in [-0.4, -0.2) is 46.2 Å². The maximum atomic E-state index is 13.5. The molecule has 4 aromatic rings. The standard InChI is InChI=1S/C25H19AsCl2F3N3O3/c1-12-4-3-5-16(27)19(12)22(35)26-15(24(36)37)11-13-6-8-17-14(10-13)7-9-18(32-17)20-21(25(29,30)31)33-34(2)23(20)28/h3-10,15,26H,11H2,1-2H3,(H,36,37). The summed E-state index contributed by atoms with van der Waals surface area (Å²) in [6.45, 7) is 1.75. The number of nitrogens with zero attached hydrogens (tertiary/aromatic N) is 3. The number of carboxylic acids is 1. The summed E-state index contributed by atoms with van der Waals surface area (Å²) in [5.41, 5.74) is 0.694. The molecule has 2 atom stereocenters. The summed E-state index contributed by atoms with van der Waals surface area (Å²) < 4.78 is 40.3. The summed E-state index contributed by atoms with van der Waals surface area (Å²) in [7, 11) is 1.31. The molecule has 6 nitrogen and oxygen atoms in total. The van der Waals surface area contributed by atoms with E-state index in [0.29, 0.717) is 32.6 Å². The van der Waals surface area contributed by atoms with Crippen molar-refractivity contribution in [1.82, 2.24) is 14.8 Å². The molecule has 2 aromatic carbocycles. The van der Waals surface area contributed by atoms with Gasteiger partial charge in [-0.15, -0.1) is 0 Å². The molecule has 192 valence electrons. The number of pyridine rings is 1. The predicted octanol–water partition coefficient (Wildman–Crippen LogP) is 5.96. The number of carbonyl (C=O) groups is 2. The minimum atomic E-state index is -4.71. The van der Waals surface area contributed by atoms with Crippen molar-refractivity contribution < 1.29 is 27.9 Å². The van der Waals surface area contributed by atoms with Crippen molar-refractivity contribution in [2.75, 3.05) is 0 Å². The third-order valence-electron chi connectivity index (χ3n) is 5.75. The molecule has 0 aliphatic carbocycles. The Labute approximate surface area is 226 Å². The number of aliphatic carboxylic acids is 1. The zero-order valence-electron chi connectivity index (χ0n) is 19.4. The minimum absolute atomic E-state index is 0.0152. The summed E-state index contributed by atoms with van der Waals surface area (Å²) in [5.74, 6) is -1.07. The van der Waals surface area contributed by atoms with Crippen LogP contribution in [0.2, 0.25) is 14.9 Å². The van der Waals surface area contributed by atoms with E-state index >= 15 is 0 Å². The van der Waals surface area contributed by atoms with Gasteiger partial charge in [-0.05, 0) is 0 Å². The fourth-order valence-corrected chi connectivity index (χ4v) is 7.28. The molecule has 0 spiro atoms. The first-order valence-corrected chi connectivity index (χ1v) is 13.9. The van der Waals surface area contributed by atoms with Gasteiger partial charge in [0.15, 0.2) is 0 Å². The first kappa shape index (κ1) is 27.2. The van der Waals surface area contributed by atoms with Crippen molar-refractivity contribution in [1.29, 1.82) is 0 Å². The predicted molar refractivity (Wildman–Crippen MR) is 137 cm³/mol. The van der Waals surface area contributed by atoms with Crippen molar-refractivity contribution in [2.24, 2.45) is 7.05 Å². The van der Waals surface area contributed by atoms with E-state index in [-0.39, 0.29) is 27.4 Å². The van der Waals surface area contributed by atoms with Crippen molar-refractivity contribution >= 4 is 60.4 Å². The quantitative estimate of drug-likeness (QED) is 0.261. The number of hydrogen-bond acceptors (Lipinski definition) is 4. The fourth-order valence-electron chi connectivity index (χ4n) is 3.96. The van der Waals surface area contributed by atoms with Gasteiger partial charge in [-0.3, -0.25) is 0 Å². The monoisotopic (exact) mass is 611 g/mol. The third kappa shape index (κ3) is 5.69. The van der Waals surface area contributed by atoms with Crippen LogP contribution in [0.4, 0.5) is 13.2 Å². The molecule has 2 unspecified atom stereocenters. The Bertz CT molecular complexity index is 1520. The van der Waals surface area contributed by atoms with Crippen LogP contribution in [0.25, 0.3) is 22.2 Å². The number of aryl methyl sites for hydroxylation is 2. The number of alkyl halides is 3. The van der Waals surface area contributed by atoms with E-state index < -0.39 is 38.3 Å². The molecule has 0 saturated heterocycles. The fraction of sp³-hybridized carbons (Fsp3) is 0.200. The first-order valence-electron chi connectivity index (χ1n) is 10.9. The van der Waals surface area contributed by atoms with E-state index in [9.17, 15) is 27.9 Å². The van der Waals surface area contributed by atoms with E-state index in [1.165, 1.54) is 13.1 Å². The van der Waals surface area contributed by atoms with Crippen LogP contribution in [-0.2, 0) is 24.4 Å². The van der Waals surface area contributed by atoms with E-state index in [2.05, 4.69) is 10.1 Å². The van der Waals surface area contributed by atoms with Crippen molar-refractivity contribution in [3.05, 3.63) is 81.1 Å². The SMILES string of the molecule is Cc1cccc(Cl)c1C(=O)[AsH]C(Cc1ccc2nc(-c3c(C(F)(F)F)nn(C)c3Cl)ccc2c1)C(=O)O. The maximum absolute atomic E-state index is 13.5. The molecular weight excluding hydrogens is 593 g/mol. The van der Waals surface area contributed by atoms with Crippen LogP contribution in [0, 0.1) is 6.92 Å². The van der Waals surface area contributed by atoms with Gasteiger partial charge in [0.2, 0.25) is 0 Å². The van der Waals surface area contributed by atoms with Crippen molar-refractivity contribution in [3.8, 4) is 11.3 Å². The zero-order valence-corrected chi connectivity index (χ0v) is 23.0. The molecule has 2 heterocycles. The van der Waals surface area contributed by atoms with E-state index in [1.54, 1.807) is 49.4 Å². The summed E-state index contributed by atoms with van der Waals surface area (Å²) in [5, 5.41) is 14.0. The van der Waals surface area contributed by atoms with Gasteiger partial charge in [-0.25, -0.2) is 0 Å². The molecule has 0 bridgehead atoms. The van der Waals surface area contributed by atoms with Crippen LogP contribution in [0.15, 0.2) is 48.5 Å². The second-order valence-corrected chi connectivity index (χ2v) is 12.1. The number of rotatable bonds is 7. The van der Waals surface area contributed by atoms with Gasteiger partial charge >= 0.3 is 227 Å². The molecule has 37 heavy (non-hydrogen) atoms. The van der Waals surface area contributed by atoms with Crippen molar-refractivity contribution in [3.63, 3.8) is 0 Å². The first-order chi connectivity index (χ1) is 17.4. The van der Waals surface area contributed by atoms with Crippen LogP contribution in [0.3, 0.4) is 0 Å². The van der Waals surface area contributed by atoms with Crippen LogP contribution in [0.1, 0.15) is 27.2 Å². The summed E-state index contributed by atoms with van der Waals surface area (Å²) in [6.07, 6.45) is -4.59. The van der Waals surface area contributed by atoms with Gasteiger partial charge in [-0.2, -0.15) is 0 Å². The molecule has 0 radical (unpaired) electrons. The second kappa shape index (κ2) is 10.5. The Balaban J connectivity index is 1.62. The molecule has 4 rings (SSSR count). The number of carbonyl (C=O) groups excluding carboxylic acids is 1. The topological polar surface area (TPSA) is 85.1 Å². The molecule has 2 aromatic heterocycles. The number of fused-ring (bicyclic) bond motifs is 1. The Morgan fingerprint density at radius 3 is 2.51 bits per heavy atom. The summed E-state index contributed by atoms with van der Waals surface area (Å²) in [4.78, 5) is 29.2. The van der Waals surface area contributed by atoms with E-state index in [1.807, 2.05) is 0 Å². The zero-order chi connectivity index (χ0) is 27.1. The average Bonchev–Trinajstić information content (AvgIpc) is 3.13. The number of benzene rings is 2. The Morgan fingerprint density at radius 2 is 1.86 bits per heavy atom. The Kier molecular flexibility index (Phi) is 7.69. The number of hydrogen-bond donors (Lipinski definition) is 1. The molecule has 0 aliphatic rings. The second-order valence-electron chi connectivity index (χ2n) is 8.36. The molecule has 0 amide bonds. The van der Waals surface area contributed by atoms with Gasteiger partial charge in [0.05, 0.1) is 0 Å². The van der Waals surface area contributed by atoms with Gasteiger partial charge in [0.25, 0.3) is 0 Å². The van der Waals surface area contributed by atoms with Crippen LogP contribution in [0.5, 0.6) is 0 Å². The number of aromatic nitrogens is 3. The number of halogens is 5. The molecule has 0 saturated carbocycles. The Morgan fingerprint density at radius 1 is 1.14 bits per heavy atom. The molecule has 0 aliphatic heterocycles. The third-order valence-corrected chi connectivity index (χ3v) is 9.25. The average molecular weight is 612 g/mol. The normalized spacial score (nSPS) is 12.9. The number of carboxylic acid groups (broad SMARTS) is 1. The summed E-state index contributed by atoms with van der Waals surface area (Å²) in [6, 6.07) is 13.1. The molecule has 0 fully saturated rings. The molecule has 12 heteroatoms. The van der Waals surface area contributed by atoms with Gasteiger partial charge in [-0.1, -0.05) is 0 Å². The molecule has 1 N–H and O–H groups in total. The van der Waals surface area contributed by atoms with E-state index in [0.717, 1.165) is 4.68 Å². The summed E-state index contributed by atoms with van der Waals surface area (Å²) >= 11 is 10.7. The van der Waals surface area contributed by atoms with Gasteiger partial charge in [0, 0.05) is 0 Å². The van der Waals surface area contributed by atoms with Gasteiger partial charge in [0.1, 0.15) is 0 Å². The van der Waals surface area contributed by atoms with Crippen LogP contribution < -0.4 is 0 Å². The Hall–Kier alpha value is -2.87. The molecular formula is C25H19AsCl2F3N3O3. The van der Waals surface area contributed by atoms with E-state index in [4.69, 9.17) is 23.2 Å². The van der Waals surface area contributed by atoms with Crippen LogP contribution >= 0.6 is 23.2 Å². The van der Waals surface area contributed by atoms with Crippen molar-refractivity contribution in [2.45, 2.75) is 24.2 Å². The van der Waals surface area contributed by atoms with Gasteiger partial charge < -0.3 is 0 Å².